The van der Waals surface area contributed by atoms with Crippen LogP contribution in [-0.2, 0) is 6.18 Å². The summed E-state index contributed by atoms with van der Waals surface area (Å²) in [4.78, 5) is 0. The fourth-order valence-corrected chi connectivity index (χ4v) is 1.45. The minimum Gasteiger partial charge on any atom is -0.445 e. The molecule has 2 nitrogen and oxygen atoms in total. The van der Waals surface area contributed by atoms with E-state index in [9.17, 15) is 26.1 Å². The molecule has 0 fully saturated rings. The monoisotopic (exact) mass is 318 g/mol. The van der Waals surface area contributed by atoms with Crippen LogP contribution in [0.15, 0.2) is 36.7 Å². The maximum atomic E-state index is 12.4. The van der Waals surface area contributed by atoms with E-state index in [1.54, 1.807) is 0 Å². The van der Waals surface area contributed by atoms with Crippen molar-refractivity contribution < 1.29 is 77.5 Å². The van der Waals surface area contributed by atoms with Crippen LogP contribution in [0.2, 0.25) is 0 Å². The van der Waals surface area contributed by atoms with Crippen LogP contribution in [0.4, 0.5) is 26.1 Å². The maximum absolute atomic E-state index is 12.4. The first-order valence-electron chi connectivity index (χ1n) is 5.10. The van der Waals surface area contributed by atoms with Crippen molar-refractivity contribution >= 4 is 12.4 Å². The van der Waals surface area contributed by atoms with Gasteiger partial charge in [-0.3, -0.25) is 0 Å². The zero-order valence-corrected chi connectivity index (χ0v) is 13.3. The first-order chi connectivity index (χ1) is 8.68. The molecule has 2 aromatic rings. The molecular weight excluding hydrogens is 312 g/mol. The summed E-state index contributed by atoms with van der Waals surface area (Å²) in [5.74, 6) is 0. The Morgan fingerprint density at radius 2 is 1.55 bits per heavy atom. The number of benzene rings is 1. The van der Waals surface area contributed by atoms with Gasteiger partial charge in [0, 0.05) is 12.4 Å². The number of hydrogen-bond acceptors (Lipinski definition) is 1. The number of hydrogen-bond donors (Lipinski definition) is 0. The third kappa shape index (κ3) is 4.11. The molecule has 0 bridgehead atoms. The van der Waals surface area contributed by atoms with Gasteiger partial charge in [-0.15, -0.1) is 0 Å². The average molecular weight is 318 g/mol. The predicted octanol–water partition coefficient (Wildman–Crippen LogP) is -0.0505. The first kappa shape index (κ1) is 17.8. The van der Waals surface area contributed by atoms with Crippen molar-refractivity contribution in [1.82, 2.24) is 9.78 Å². The van der Waals surface area contributed by atoms with Crippen LogP contribution in [0.5, 0.6) is 0 Å². The molecule has 0 saturated carbocycles. The summed E-state index contributed by atoms with van der Waals surface area (Å²) in [5.41, 5.74) is -1.65. The topological polar surface area (TPSA) is 17.8 Å². The number of aromatic nitrogens is 2. The second-order valence-corrected chi connectivity index (χ2v) is 3.84. The average Bonchev–Trinajstić information content (AvgIpc) is 2.77. The summed E-state index contributed by atoms with van der Waals surface area (Å²) in [7, 11) is 0. The molecule has 102 valence electrons. The number of rotatable bonds is 2. The standard InChI is InChI=1S/C10H6BF6N2.K/c12-10(13,14)7-1-3-9(4-2-7)19-6-8(5-18-19)11(15,16)17;/h1-6H;/q-1;+1. The summed E-state index contributed by atoms with van der Waals surface area (Å²) >= 11 is 0. The van der Waals surface area contributed by atoms with Crippen molar-refractivity contribution in [2.45, 2.75) is 6.18 Å². The van der Waals surface area contributed by atoms with Crippen LogP contribution < -0.4 is 56.8 Å². The second-order valence-electron chi connectivity index (χ2n) is 3.84. The number of nitrogens with zero attached hydrogens (tertiary/aromatic N) is 2. The maximum Gasteiger partial charge on any atom is 1.00 e. The number of alkyl halides is 3. The fraction of sp³-hybridized carbons (Fsp3) is 0.100. The molecule has 0 spiro atoms. The molecule has 0 aliphatic heterocycles. The van der Waals surface area contributed by atoms with E-state index in [2.05, 4.69) is 5.10 Å². The molecule has 0 amide bonds. The van der Waals surface area contributed by atoms with Gasteiger partial charge >= 0.3 is 64.5 Å². The normalized spacial score (nSPS) is 12.1. The van der Waals surface area contributed by atoms with E-state index >= 15 is 0 Å². The first-order valence-corrected chi connectivity index (χ1v) is 5.10. The van der Waals surface area contributed by atoms with E-state index in [-0.39, 0.29) is 57.1 Å². The van der Waals surface area contributed by atoms with Gasteiger partial charge in [0.25, 0.3) is 0 Å². The Labute approximate surface area is 152 Å². The zero-order valence-electron chi connectivity index (χ0n) is 10.2. The van der Waals surface area contributed by atoms with Gasteiger partial charge in [0.1, 0.15) is 0 Å². The third-order valence-electron chi connectivity index (χ3n) is 2.44. The smallest absolute Gasteiger partial charge is 0.445 e. The Hall–Kier alpha value is -0.289. The van der Waals surface area contributed by atoms with Crippen LogP contribution in [0, 0.1) is 0 Å². The molecule has 0 saturated heterocycles. The van der Waals surface area contributed by atoms with Gasteiger partial charge < -0.3 is 12.9 Å². The minimum atomic E-state index is -5.17. The van der Waals surface area contributed by atoms with Gasteiger partial charge in [0.2, 0.25) is 0 Å². The van der Waals surface area contributed by atoms with Gasteiger partial charge in [0.05, 0.1) is 11.3 Å². The molecule has 20 heavy (non-hydrogen) atoms. The van der Waals surface area contributed by atoms with Gasteiger partial charge in [-0.2, -0.15) is 18.3 Å². The second kappa shape index (κ2) is 6.22. The number of halogens is 6. The molecule has 1 aromatic carbocycles. The fourth-order valence-electron chi connectivity index (χ4n) is 1.45. The molecule has 0 radical (unpaired) electrons. The molecule has 2 rings (SSSR count). The zero-order chi connectivity index (χ0) is 14.3. The molecule has 0 aliphatic carbocycles. The van der Waals surface area contributed by atoms with Crippen LogP contribution in [-0.4, -0.2) is 16.8 Å². The van der Waals surface area contributed by atoms with Gasteiger partial charge in [-0.05, 0) is 24.3 Å². The molecular formula is C10H6BF6KN2. The predicted molar refractivity (Wildman–Crippen MR) is 57.3 cm³/mol. The van der Waals surface area contributed by atoms with E-state index < -0.39 is 24.2 Å². The van der Waals surface area contributed by atoms with Gasteiger partial charge in [-0.25, -0.2) is 4.68 Å². The molecule has 0 aliphatic rings. The van der Waals surface area contributed by atoms with Crippen LogP contribution in [0.3, 0.4) is 0 Å². The summed E-state index contributed by atoms with van der Waals surface area (Å²) < 4.78 is 75.0. The SMILES string of the molecule is F[B-](F)(F)c1cnn(-c2ccc(C(F)(F)F)cc2)c1.[K+]. The molecule has 1 heterocycles. The summed E-state index contributed by atoms with van der Waals surface area (Å²) in [5, 5.41) is 3.48. The molecule has 1 aromatic heterocycles. The van der Waals surface area contributed by atoms with Gasteiger partial charge in [0.15, 0.2) is 0 Å². The van der Waals surface area contributed by atoms with Crippen molar-refractivity contribution in [3.8, 4) is 5.69 Å². The molecule has 10 heteroatoms. The molecule has 0 N–H and O–H groups in total. The third-order valence-corrected chi connectivity index (χ3v) is 2.44. The molecule has 0 atom stereocenters. The Kier molecular flexibility index (Phi) is 5.53. The van der Waals surface area contributed by atoms with Crippen LogP contribution >= 0.6 is 0 Å². The van der Waals surface area contributed by atoms with E-state index in [1.165, 1.54) is 0 Å². The largest absolute Gasteiger partial charge is 1.00 e. The van der Waals surface area contributed by atoms with E-state index in [1.807, 2.05) is 0 Å². The summed E-state index contributed by atoms with van der Waals surface area (Å²) in [6.07, 6.45) is -3.11. The van der Waals surface area contributed by atoms with Crippen LogP contribution in [0.1, 0.15) is 5.56 Å². The summed E-state index contributed by atoms with van der Waals surface area (Å²) in [6.45, 7) is -5.17. The Morgan fingerprint density at radius 3 is 1.95 bits per heavy atom. The van der Waals surface area contributed by atoms with Crippen LogP contribution in [0.25, 0.3) is 5.69 Å². The summed E-state index contributed by atoms with van der Waals surface area (Å²) in [6, 6.07) is 3.69. The van der Waals surface area contributed by atoms with E-state index in [4.69, 9.17) is 0 Å². The van der Waals surface area contributed by atoms with Crippen molar-refractivity contribution in [2.75, 3.05) is 0 Å². The van der Waals surface area contributed by atoms with Crippen molar-refractivity contribution in [2.24, 2.45) is 0 Å². The van der Waals surface area contributed by atoms with Gasteiger partial charge in [-0.1, -0.05) is 5.46 Å². The Morgan fingerprint density at radius 1 is 1.00 bits per heavy atom. The quantitative estimate of drug-likeness (QED) is 0.561. The van der Waals surface area contributed by atoms with E-state index in [0.717, 1.165) is 35.1 Å². The van der Waals surface area contributed by atoms with Crippen molar-refractivity contribution in [3.05, 3.63) is 42.2 Å². The van der Waals surface area contributed by atoms with E-state index in [0.29, 0.717) is 6.20 Å². The van der Waals surface area contributed by atoms with Crippen molar-refractivity contribution in [1.29, 1.82) is 0 Å². The minimum absolute atomic E-state index is 0. The Balaban J connectivity index is 0.00000200. The Bertz CT molecular complexity index is 575. The molecule has 0 unspecified atom stereocenters. The van der Waals surface area contributed by atoms with Crippen molar-refractivity contribution in [3.63, 3.8) is 0 Å².